The molecule has 1 N–H and O–H groups in total. The van der Waals surface area contributed by atoms with Crippen molar-refractivity contribution in [2.45, 2.75) is 90.4 Å². The Morgan fingerprint density at radius 1 is 0.936 bits per heavy atom. The quantitative estimate of drug-likeness (QED) is 0.149. The first kappa shape index (κ1) is 38.4. The Morgan fingerprint density at radius 3 is 2.23 bits per heavy atom. The van der Waals surface area contributed by atoms with Gasteiger partial charge in [-0.2, -0.15) is 0 Å². The predicted octanol–water partition coefficient (Wildman–Crippen LogP) is 8.51. The van der Waals surface area contributed by atoms with Crippen molar-refractivity contribution in [3.8, 4) is 0 Å². The van der Waals surface area contributed by atoms with Gasteiger partial charge in [-0.25, -0.2) is 0 Å². The summed E-state index contributed by atoms with van der Waals surface area (Å²) in [5, 5.41) is 4.88. The number of carbonyl (C=O) groups excluding carboxylic acids is 1. The van der Waals surface area contributed by atoms with E-state index in [-0.39, 0.29) is 16.9 Å². The largest absolute Gasteiger partial charge is 0.417 e. The molecule has 2 saturated heterocycles. The van der Waals surface area contributed by atoms with Crippen LogP contribution in [0.15, 0.2) is 42.5 Å². The first-order valence-electron chi connectivity index (χ1n) is 17.9. The van der Waals surface area contributed by atoms with E-state index in [4.69, 9.17) is 27.6 Å². The molecule has 262 valence electrons. The van der Waals surface area contributed by atoms with Crippen LogP contribution in [0, 0.1) is 11.8 Å². The van der Waals surface area contributed by atoms with Gasteiger partial charge in [0.25, 0.3) is 0 Å². The van der Waals surface area contributed by atoms with Gasteiger partial charge in [-0.3, -0.25) is 4.79 Å². The molecule has 2 aromatic rings. The molecule has 2 aliphatic heterocycles. The summed E-state index contributed by atoms with van der Waals surface area (Å²) in [6.45, 7) is 20.2. The predicted molar refractivity (Wildman–Crippen MR) is 202 cm³/mol. The minimum atomic E-state index is -1.65. The third kappa shape index (κ3) is 11.8. The van der Waals surface area contributed by atoms with Gasteiger partial charge in [-0.15, -0.1) is 0 Å². The summed E-state index contributed by atoms with van der Waals surface area (Å²) in [7, 11) is 0.484. The zero-order chi connectivity index (χ0) is 34.0. The molecule has 9 heteroatoms. The minimum Gasteiger partial charge on any atom is -0.417 e. The lowest BCUT2D eigenvalue weighted by atomic mass is 9.90. The van der Waals surface area contributed by atoms with E-state index in [1.54, 1.807) is 6.07 Å². The number of benzene rings is 2. The Kier molecular flexibility index (Phi) is 14.7. The maximum absolute atomic E-state index is 13.7. The molecule has 0 saturated carbocycles. The molecule has 0 bridgehead atoms. The van der Waals surface area contributed by atoms with Crippen LogP contribution in [-0.2, 0) is 22.2 Å². The van der Waals surface area contributed by atoms with Gasteiger partial charge >= 0.3 is 0 Å². The Labute approximate surface area is 296 Å². The molecule has 2 heterocycles. The van der Waals surface area contributed by atoms with Gasteiger partial charge in [0, 0.05) is 31.3 Å². The van der Waals surface area contributed by atoms with Crippen LogP contribution >= 0.6 is 23.2 Å². The van der Waals surface area contributed by atoms with Gasteiger partial charge in [0.15, 0.2) is 8.32 Å². The van der Waals surface area contributed by atoms with E-state index in [0.29, 0.717) is 16.6 Å². The molecule has 2 aliphatic rings. The van der Waals surface area contributed by atoms with Crippen molar-refractivity contribution in [2.75, 3.05) is 64.4 Å². The van der Waals surface area contributed by atoms with Crippen molar-refractivity contribution >= 4 is 43.1 Å². The highest BCUT2D eigenvalue weighted by Gasteiger charge is 2.36. The molecule has 2 fully saturated rings. The number of hydrogen-bond acceptors (Lipinski definition) is 5. The van der Waals surface area contributed by atoms with Crippen LogP contribution in [0.1, 0.15) is 70.4 Å². The molecule has 1 amide bonds. The standard InChI is InChI=1S/C38H60Cl2N4O2Si/c1-38(2,3)47(5,6)46-26-7-19-41-29-32-11-9-30(10-12-32)27-31-15-24-43(25-16-31)20-8-21-44(34-13-14-35(39)36(40)28-34)37(45)33-17-22-42(4)23-18-33/h9-14,28,31,33,41H,7-8,15-27,29H2,1-6H3. The molecular weight excluding hydrogens is 643 g/mol. The molecule has 0 atom stereocenters. The number of amides is 1. The fourth-order valence-corrected chi connectivity index (χ4v) is 7.84. The molecule has 0 aliphatic carbocycles. The fourth-order valence-electron chi connectivity index (χ4n) is 6.46. The van der Waals surface area contributed by atoms with E-state index in [1.807, 2.05) is 17.0 Å². The van der Waals surface area contributed by atoms with Crippen molar-refractivity contribution in [1.29, 1.82) is 0 Å². The van der Waals surface area contributed by atoms with Crippen LogP contribution in [0.5, 0.6) is 0 Å². The molecule has 0 aromatic heterocycles. The number of rotatable bonds is 15. The number of hydrogen-bond donors (Lipinski definition) is 1. The number of carbonyl (C=O) groups is 1. The SMILES string of the molecule is CN1CCC(C(=O)N(CCCN2CCC(Cc3ccc(CNCCCO[Si](C)(C)C(C)(C)C)cc3)CC2)c2ccc(Cl)c(Cl)c2)CC1. The molecule has 4 rings (SSSR count). The molecule has 0 radical (unpaired) electrons. The average Bonchev–Trinajstić information content (AvgIpc) is 3.03. The molecule has 0 unspecified atom stereocenters. The second-order valence-electron chi connectivity index (χ2n) is 15.5. The summed E-state index contributed by atoms with van der Waals surface area (Å²) in [6, 6.07) is 14.8. The van der Waals surface area contributed by atoms with Crippen molar-refractivity contribution in [1.82, 2.24) is 15.1 Å². The number of likely N-dealkylation sites (tertiary alicyclic amines) is 2. The highest BCUT2D eigenvalue weighted by Crippen LogP contribution is 2.36. The molecule has 6 nitrogen and oxygen atoms in total. The van der Waals surface area contributed by atoms with Gasteiger partial charge < -0.3 is 24.4 Å². The zero-order valence-electron chi connectivity index (χ0n) is 29.9. The lowest BCUT2D eigenvalue weighted by molar-refractivity contribution is -0.123. The highest BCUT2D eigenvalue weighted by molar-refractivity contribution is 6.74. The van der Waals surface area contributed by atoms with E-state index >= 15 is 0 Å². The van der Waals surface area contributed by atoms with Crippen LogP contribution in [0.4, 0.5) is 5.69 Å². The Morgan fingerprint density at radius 2 is 1.60 bits per heavy atom. The number of nitrogens with one attached hydrogen (secondary N) is 1. The van der Waals surface area contributed by atoms with Crippen LogP contribution < -0.4 is 10.2 Å². The Bertz CT molecular complexity index is 1250. The first-order chi connectivity index (χ1) is 22.3. The second-order valence-corrected chi connectivity index (χ2v) is 21.1. The monoisotopic (exact) mass is 702 g/mol. The van der Waals surface area contributed by atoms with Crippen molar-refractivity contribution in [3.63, 3.8) is 0 Å². The Balaban J connectivity index is 1.15. The van der Waals surface area contributed by atoms with Gasteiger partial charge in [0.1, 0.15) is 0 Å². The maximum Gasteiger partial charge on any atom is 0.230 e. The van der Waals surface area contributed by atoms with Crippen molar-refractivity contribution in [3.05, 3.63) is 63.6 Å². The maximum atomic E-state index is 13.7. The summed E-state index contributed by atoms with van der Waals surface area (Å²) < 4.78 is 6.30. The van der Waals surface area contributed by atoms with Crippen LogP contribution in [0.25, 0.3) is 0 Å². The van der Waals surface area contributed by atoms with Crippen molar-refractivity contribution < 1.29 is 9.22 Å². The van der Waals surface area contributed by atoms with E-state index in [9.17, 15) is 4.79 Å². The number of nitrogens with zero attached hydrogens (tertiary/aromatic N) is 3. The summed E-state index contributed by atoms with van der Waals surface area (Å²) >= 11 is 12.6. The number of halogens is 2. The lowest BCUT2D eigenvalue weighted by Crippen LogP contribution is -2.43. The first-order valence-corrected chi connectivity index (χ1v) is 21.6. The second kappa shape index (κ2) is 18.0. The number of piperidine rings is 2. The molecule has 47 heavy (non-hydrogen) atoms. The lowest BCUT2D eigenvalue weighted by Gasteiger charge is -2.36. The molecule has 2 aromatic carbocycles. The topological polar surface area (TPSA) is 48.1 Å². The number of anilines is 1. The van der Waals surface area contributed by atoms with E-state index < -0.39 is 8.32 Å². The van der Waals surface area contributed by atoms with Crippen LogP contribution in [-0.4, -0.2) is 83.5 Å². The van der Waals surface area contributed by atoms with Gasteiger partial charge in [-0.05, 0) is 145 Å². The van der Waals surface area contributed by atoms with Gasteiger partial charge in [-0.1, -0.05) is 68.2 Å². The molecular formula is C38H60Cl2N4O2Si. The van der Waals surface area contributed by atoms with Crippen LogP contribution in [0.2, 0.25) is 28.2 Å². The van der Waals surface area contributed by atoms with Gasteiger partial charge in [0.05, 0.1) is 10.0 Å². The third-order valence-corrected chi connectivity index (χ3v) is 16.0. The van der Waals surface area contributed by atoms with Crippen molar-refractivity contribution in [2.24, 2.45) is 11.8 Å². The van der Waals surface area contributed by atoms with E-state index in [1.165, 1.54) is 24.0 Å². The minimum absolute atomic E-state index is 0.0687. The smallest absolute Gasteiger partial charge is 0.230 e. The summed E-state index contributed by atoms with van der Waals surface area (Å²) in [5.74, 6) is 1.03. The normalized spacial score (nSPS) is 17.7. The van der Waals surface area contributed by atoms with E-state index in [2.05, 4.69) is 80.3 Å². The van der Waals surface area contributed by atoms with Crippen LogP contribution in [0.3, 0.4) is 0 Å². The third-order valence-electron chi connectivity index (χ3n) is 10.8. The Hall–Kier alpha value is -1.45. The zero-order valence-corrected chi connectivity index (χ0v) is 32.4. The van der Waals surface area contributed by atoms with E-state index in [0.717, 1.165) is 96.1 Å². The van der Waals surface area contributed by atoms with Gasteiger partial charge in [0.2, 0.25) is 5.91 Å². The summed E-state index contributed by atoms with van der Waals surface area (Å²) in [5.41, 5.74) is 3.65. The fraction of sp³-hybridized carbons (Fsp3) is 0.658. The highest BCUT2D eigenvalue weighted by atomic mass is 35.5. The average molecular weight is 704 g/mol. The summed E-state index contributed by atoms with van der Waals surface area (Å²) in [6.07, 6.45) is 7.43. The molecule has 0 spiro atoms. The summed E-state index contributed by atoms with van der Waals surface area (Å²) in [4.78, 5) is 20.5.